The van der Waals surface area contributed by atoms with Crippen molar-refractivity contribution in [1.29, 1.82) is 0 Å². The summed E-state index contributed by atoms with van der Waals surface area (Å²) in [5, 5.41) is 0. The lowest BCUT2D eigenvalue weighted by Crippen LogP contribution is -2.22. The molecule has 0 fully saturated rings. The van der Waals surface area contributed by atoms with Crippen LogP contribution in [-0.2, 0) is 16.1 Å². The third-order valence-electron chi connectivity index (χ3n) is 4.43. The average molecular weight is 401 g/mol. The van der Waals surface area contributed by atoms with Gasteiger partial charge in [0.15, 0.2) is 0 Å². The molecule has 5 nitrogen and oxygen atoms in total. The first kappa shape index (κ1) is 25.7. The zero-order valence-electron chi connectivity index (χ0n) is 17.3. The van der Waals surface area contributed by atoms with Crippen molar-refractivity contribution in [3.8, 4) is 5.75 Å². The maximum Gasteiger partial charge on any atom is 0.306 e. The van der Waals surface area contributed by atoms with Crippen molar-refractivity contribution in [2.45, 2.75) is 47.1 Å². The lowest BCUT2D eigenvalue weighted by atomic mass is 9.94. The molecule has 0 saturated carbocycles. The largest absolute Gasteiger partial charge is 0.490 e. The van der Waals surface area contributed by atoms with E-state index in [0.29, 0.717) is 25.5 Å². The molecule has 1 aromatic carbocycles. The van der Waals surface area contributed by atoms with Crippen molar-refractivity contribution in [2.24, 2.45) is 17.6 Å². The molecule has 2 N–H and O–H groups in total. The highest BCUT2D eigenvalue weighted by Gasteiger charge is 2.15. The lowest BCUT2D eigenvalue weighted by molar-refractivity contribution is -0.145. The molecule has 6 heteroatoms. The smallest absolute Gasteiger partial charge is 0.306 e. The van der Waals surface area contributed by atoms with Gasteiger partial charge >= 0.3 is 5.97 Å². The van der Waals surface area contributed by atoms with Crippen LogP contribution in [0.4, 0.5) is 0 Å². The highest BCUT2D eigenvalue weighted by Crippen LogP contribution is 2.15. The molecule has 1 unspecified atom stereocenters. The van der Waals surface area contributed by atoms with Gasteiger partial charge in [0.25, 0.3) is 0 Å². The van der Waals surface area contributed by atoms with Gasteiger partial charge in [-0.05, 0) is 55.6 Å². The van der Waals surface area contributed by atoms with E-state index in [-0.39, 0.29) is 30.9 Å². The van der Waals surface area contributed by atoms with Crippen LogP contribution < -0.4 is 10.5 Å². The molecule has 0 heterocycles. The minimum absolute atomic E-state index is 0. The Morgan fingerprint density at radius 2 is 1.74 bits per heavy atom. The van der Waals surface area contributed by atoms with Crippen LogP contribution in [0.15, 0.2) is 24.3 Å². The SMILES string of the molecule is CCN(CC)Cc1ccc(OCCOC(=O)CC(CN)CC(C)C)cc1.Cl. The molecule has 0 radical (unpaired) electrons. The zero-order chi connectivity index (χ0) is 19.4. The van der Waals surface area contributed by atoms with Crippen molar-refractivity contribution < 1.29 is 14.3 Å². The fraction of sp³-hybridized carbons (Fsp3) is 0.667. The van der Waals surface area contributed by atoms with Gasteiger partial charge in [0.05, 0.1) is 0 Å². The minimum atomic E-state index is -0.195. The van der Waals surface area contributed by atoms with E-state index in [1.807, 2.05) is 12.1 Å². The van der Waals surface area contributed by atoms with Gasteiger partial charge in [-0.3, -0.25) is 9.69 Å². The van der Waals surface area contributed by atoms with E-state index >= 15 is 0 Å². The number of carbonyl (C=O) groups excluding carboxylic acids is 1. The van der Waals surface area contributed by atoms with E-state index in [4.69, 9.17) is 15.2 Å². The van der Waals surface area contributed by atoms with Crippen LogP contribution in [0.2, 0.25) is 0 Å². The van der Waals surface area contributed by atoms with E-state index in [1.54, 1.807) is 0 Å². The van der Waals surface area contributed by atoms with Crippen LogP contribution in [0.5, 0.6) is 5.75 Å². The molecule has 1 aromatic rings. The third-order valence-corrected chi connectivity index (χ3v) is 4.43. The Kier molecular flexibility index (Phi) is 14.0. The molecule has 0 amide bonds. The number of hydrogen-bond acceptors (Lipinski definition) is 5. The number of ether oxygens (including phenoxy) is 2. The normalized spacial score (nSPS) is 12.0. The molecule has 1 rings (SSSR count). The molecule has 0 aromatic heterocycles. The second kappa shape index (κ2) is 14.7. The Hall–Kier alpha value is -1.30. The summed E-state index contributed by atoms with van der Waals surface area (Å²) >= 11 is 0. The maximum absolute atomic E-state index is 11.9. The van der Waals surface area contributed by atoms with Crippen LogP contribution in [0.25, 0.3) is 0 Å². The number of nitrogens with zero attached hydrogens (tertiary/aromatic N) is 1. The van der Waals surface area contributed by atoms with Crippen LogP contribution in [0, 0.1) is 11.8 Å². The molecule has 0 spiro atoms. The van der Waals surface area contributed by atoms with Crippen molar-refractivity contribution in [3.05, 3.63) is 29.8 Å². The highest BCUT2D eigenvalue weighted by atomic mass is 35.5. The van der Waals surface area contributed by atoms with Crippen LogP contribution >= 0.6 is 12.4 Å². The number of nitrogens with two attached hydrogens (primary N) is 1. The van der Waals surface area contributed by atoms with E-state index in [1.165, 1.54) is 5.56 Å². The van der Waals surface area contributed by atoms with Gasteiger partial charge in [0.2, 0.25) is 0 Å². The number of carbonyl (C=O) groups is 1. The lowest BCUT2D eigenvalue weighted by Gasteiger charge is -2.18. The summed E-state index contributed by atoms with van der Waals surface area (Å²) in [5.41, 5.74) is 6.99. The first-order valence-electron chi connectivity index (χ1n) is 9.78. The number of hydrogen-bond donors (Lipinski definition) is 1. The topological polar surface area (TPSA) is 64.8 Å². The summed E-state index contributed by atoms with van der Waals surface area (Å²) in [4.78, 5) is 14.2. The molecule has 0 aliphatic rings. The summed E-state index contributed by atoms with van der Waals surface area (Å²) in [6.45, 7) is 12.8. The molecule has 0 bridgehead atoms. The second-order valence-corrected chi connectivity index (χ2v) is 7.11. The van der Waals surface area contributed by atoms with Crippen molar-refractivity contribution in [1.82, 2.24) is 4.90 Å². The molecule has 0 aliphatic heterocycles. The number of rotatable bonds is 13. The van der Waals surface area contributed by atoms with E-state index < -0.39 is 0 Å². The quantitative estimate of drug-likeness (QED) is 0.402. The summed E-state index contributed by atoms with van der Waals surface area (Å²) < 4.78 is 10.9. The monoisotopic (exact) mass is 400 g/mol. The first-order chi connectivity index (χ1) is 12.5. The Labute approximate surface area is 171 Å². The number of benzene rings is 1. The van der Waals surface area contributed by atoms with Gasteiger partial charge in [0, 0.05) is 13.0 Å². The van der Waals surface area contributed by atoms with E-state index in [2.05, 4.69) is 44.7 Å². The molecule has 0 saturated heterocycles. The van der Waals surface area contributed by atoms with E-state index in [0.717, 1.165) is 31.8 Å². The fourth-order valence-electron chi connectivity index (χ4n) is 2.94. The van der Waals surface area contributed by atoms with E-state index in [9.17, 15) is 4.79 Å². The third kappa shape index (κ3) is 11.2. The van der Waals surface area contributed by atoms with Gasteiger partial charge < -0.3 is 15.2 Å². The maximum atomic E-state index is 11.9. The number of halogens is 1. The van der Waals surface area contributed by atoms with Gasteiger partial charge in [-0.1, -0.05) is 39.8 Å². The van der Waals surface area contributed by atoms with Gasteiger partial charge in [-0.2, -0.15) is 0 Å². The minimum Gasteiger partial charge on any atom is -0.490 e. The highest BCUT2D eigenvalue weighted by molar-refractivity contribution is 5.85. The van der Waals surface area contributed by atoms with Crippen molar-refractivity contribution in [2.75, 3.05) is 32.8 Å². The Morgan fingerprint density at radius 3 is 2.26 bits per heavy atom. The standard InChI is InChI=1S/C21H36N2O3.ClH/c1-5-23(6-2)16-18-7-9-20(10-8-18)25-11-12-26-21(24)14-19(15-22)13-17(3)4;/h7-10,17,19H,5-6,11-16,22H2,1-4H3;1H. The Morgan fingerprint density at radius 1 is 1.11 bits per heavy atom. The Bertz CT molecular complexity index is 505. The summed E-state index contributed by atoms with van der Waals surface area (Å²) in [6, 6.07) is 8.09. The van der Waals surface area contributed by atoms with Crippen LogP contribution in [0.3, 0.4) is 0 Å². The first-order valence-corrected chi connectivity index (χ1v) is 9.78. The molecular weight excluding hydrogens is 364 g/mol. The molecule has 27 heavy (non-hydrogen) atoms. The predicted molar refractivity (Wildman–Crippen MR) is 113 cm³/mol. The second-order valence-electron chi connectivity index (χ2n) is 7.11. The average Bonchev–Trinajstić information content (AvgIpc) is 2.63. The molecule has 1 atom stereocenters. The van der Waals surface area contributed by atoms with Crippen molar-refractivity contribution >= 4 is 18.4 Å². The van der Waals surface area contributed by atoms with Crippen LogP contribution in [-0.4, -0.2) is 43.7 Å². The molecular formula is C21H37ClN2O3. The zero-order valence-corrected chi connectivity index (χ0v) is 18.1. The van der Waals surface area contributed by atoms with Crippen molar-refractivity contribution in [3.63, 3.8) is 0 Å². The predicted octanol–water partition coefficient (Wildman–Crippen LogP) is 3.88. The fourth-order valence-corrected chi connectivity index (χ4v) is 2.94. The molecule has 156 valence electrons. The van der Waals surface area contributed by atoms with Gasteiger partial charge in [-0.25, -0.2) is 0 Å². The summed E-state index contributed by atoms with van der Waals surface area (Å²) in [7, 11) is 0. The van der Waals surface area contributed by atoms with Gasteiger partial charge in [-0.15, -0.1) is 12.4 Å². The van der Waals surface area contributed by atoms with Crippen LogP contribution in [0.1, 0.15) is 46.1 Å². The Balaban J connectivity index is 0.00000676. The number of esters is 1. The van der Waals surface area contributed by atoms with Gasteiger partial charge in [0.1, 0.15) is 19.0 Å². The summed E-state index contributed by atoms with van der Waals surface area (Å²) in [5.74, 6) is 1.33. The molecule has 0 aliphatic carbocycles. The summed E-state index contributed by atoms with van der Waals surface area (Å²) in [6.07, 6.45) is 1.33.